The topological polar surface area (TPSA) is 24.1 Å². The minimum absolute atomic E-state index is 0.679. The molecule has 0 aliphatic rings. The summed E-state index contributed by atoms with van der Waals surface area (Å²) in [5.41, 5.74) is 0. The van der Waals surface area contributed by atoms with Crippen LogP contribution in [0.1, 0.15) is 45.4 Å². The van der Waals surface area contributed by atoms with Crippen molar-refractivity contribution in [1.82, 2.24) is 10.6 Å². The van der Waals surface area contributed by atoms with E-state index in [0.29, 0.717) is 6.54 Å². The summed E-state index contributed by atoms with van der Waals surface area (Å²) < 4.78 is 0. The van der Waals surface area contributed by atoms with Crippen LogP contribution in [0.4, 0.5) is 0 Å². The molecule has 0 unspecified atom stereocenters. The van der Waals surface area contributed by atoms with Crippen LogP contribution < -0.4 is 10.6 Å². The molecule has 0 aliphatic carbocycles. The van der Waals surface area contributed by atoms with Crippen molar-refractivity contribution in [2.45, 2.75) is 45.4 Å². The number of terminal acetylenes is 1. The van der Waals surface area contributed by atoms with Crippen molar-refractivity contribution in [3.8, 4) is 12.3 Å². The molecule has 0 fully saturated rings. The van der Waals surface area contributed by atoms with E-state index >= 15 is 0 Å². The lowest BCUT2D eigenvalue weighted by molar-refractivity contribution is 0.564. The predicted molar refractivity (Wildman–Crippen MR) is 67.9 cm³/mol. The van der Waals surface area contributed by atoms with Gasteiger partial charge in [-0.25, -0.2) is 0 Å². The zero-order valence-corrected chi connectivity index (χ0v) is 10.1. The van der Waals surface area contributed by atoms with Crippen molar-refractivity contribution < 1.29 is 0 Å². The van der Waals surface area contributed by atoms with Gasteiger partial charge in [0, 0.05) is 13.1 Å². The molecule has 2 heteroatoms. The molecule has 2 nitrogen and oxygen atoms in total. The van der Waals surface area contributed by atoms with Gasteiger partial charge in [-0.05, 0) is 13.0 Å². The Kier molecular flexibility index (Phi) is 13.0. The van der Waals surface area contributed by atoms with Gasteiger partial charge in [-0.1, -0.05) is 44.9 Å². The smallest absolute Gasteiger partial charge is 0.0574 e. The Balaban J connectivity index is 2.84. The molecule has 0 aromatic carbocycles. The van der Waals surface area contributed by atoms with E-state index < -0.39 is 0 Å². The molecule has 0 bridgehead atoms. The summed E-state index contributed by atoms with van der Waals surface area (Å²) in [7, 11) is 0. The minimum Gasteiger partial charge on any atom is -0.315 e. The van der Waals surface area contributed by atoms with Gasteiger partial charge in [0.15, 0.2) is 0 Å². The molecule has 0 spiro atoms. The van der Waals surface area contributed by atoms with Crippen molar-refractivity contribution >= 4 is 0 Å². The molecule has 0 aromatic rings. The second kappa shape index (κ2) is 13.5. The highest BCUT2D eigenvalue weighted by Gasteiger charge is 1.90. The number of nitrogens with one attached hydrogen (secondary N) is 2. The molecule has 0 aliphatic heterocycles. The fourth-order valence-corrected chi connectivity index (χ4v) is 1.49. The van der Waals surface area contributed by atoms with Gasteiger partial charge in [-0.2, -0.15) is 0 Å². The maximum atomic E-state index is 5.12. The van der Waals surface area contributed by atoms with E-state index in [4.69, 9.17) is 6.42 Å². The second-order valence-corrected chi connectivity index (χ2v) is 3.90. The van der Waals surface area contributed by atoms with Gasteiger partial charge in [0.05, 0.1) is 6.54 Å². The first-order valence-electron chi connectivity index (χ1n) is 6.26. The molecule has 0 saturated heterocycles. The van der Waals surface area contributed by atoms with E-state index in [9.17, 15) is 0 Å². The number of hydrogen-bond acceptors (Lipinski definition) is 2. The van der Waals surface area contributed by atoms with Gasteiger partial charge in [-0.15, -0.1) is 6.42 Å². The maximum absolute atomic E-state index is 5.12. The first kappa shape index (κ1) is 14.5. The standard InChI is InChI=1S/C13H26N2/c1-3-5-6-7-8-9-11-15-13-12-14-10-4-2/h2,14-15H,3,5-13H2,1H3. The molecule has 0 heterocycles. The Morgan fingerprint density at radius 2 is 1.53 bits per heavy atom. The average molecular weight is 210 g/mol. The van der Waals surface area contributed by atoms with Crippen LogP contribution in [0.2, 0.25) is 0 Å². The third-order valence-corrected chi connectivity index (χ3v) is 2.41. The van der Waals surface area contributed by atoms with Crippen LogP contribution in [0.5, 0.6) is 0 Å². The molecule has 0 saturated carbocycles. The number of unbranched alkanes of at least 4 members (excludes halogenated alkanes) is 5. The highest BCUT2D eigenvalue weighted by Crippen LogP contribution is 2.03. The van der Waals surface area contributed by atoms with E-state index in [1.165, 1.54) is 38.5 Å². The van der Waals surface area contributed by atoms with Gasteiger partial charge in [0.2, 0.25) is 0 Å². The fraction of sp³-hybridized carbons (Fsp3) is 0.846. The molecule has 0 radical (unpaired) electrons. The molecular formula is C13H26N2. The summed E-state index contributed by atoms with van der Waals surface area (Å²) >= 11 is 0. The molecular weight excluding hydrogens is 184 g/mol. The van der Waals surface area contributed by atoms with Crippen LogP contribution >= 0.6 is 0 Å². The highest BCUT2D eigenvalue weighted by molar-refractivity contribution is 4.86. The van der Waals surface area contributed by atoms with Gasteiger partial charge in [0.1, 0.15) is 0 Å². The summed E-state index contributed by atoms with van der Waals surface area (Å²) in [6.45, 7) is 6.07. The predicted octanol–water partition coefficient (Wildman–Crippen LogP) is 2.16. The zero-order valence-electron chi connectivity index (χ0n) is 10.1. The summed E-state index contributed by atoms with van der Waals surface area (Å²) in [5, 5.41) is 6.56. The summed E-state index contributed by atoms with van der Waals surface area (Å²) in [6, 6.07) is 0. The van der Waals surface area contributed by atoms with Crippen LogP contribution in [0.25, 0.3) is 0 Å². The lowest BCUT2D eigenvalue weighted by Gasteiger charge is -2.04. The number of hydrogen-bond donors (Lipinski definition) is 2. The summed E-state index contributed by atoms with van der Waals surface area (Å²) in [6.07, 6.45) is 13.3. The minimum atomic E-state index is 0.679. The molecule has 0 amide bonds. The largest absolute Gasteiger partial charge is 0.315 e. The molecule has 0 atom stereocenters. The third kappa shape index (κ3) is 13.5. The Labute approximate surface area is 95.2 Å². The van der Waals surface area contributed by atoms with Crippen LogP contribution in [0.3, 0.4) is 0 Å². The molecule has 2 N–H and O–H groups in total. The van der Waals surface area contributed by atoms with Crippen LogP contribution in [0.15, 0.2) is 0 Å². The lowest BCUT2D eigenvalue weighted by Crippen LogP contribution is -2.28. The van der Waals surface area contributed by atoms with E-state index in [1.807, 2.05) is 0 Å². The Bertz CT molecular complexity index is 149. The normalized spacial score (nSPS) is 10.1. The van der Waals surface area contributed by atoms with Gasteiger partial charge < -0.3 is 10.6 Å². The first-order chi connectivity index (χ1) is 7.41. The van der Waals surface area contributed by atoms with E-state index in [0.717, 1.165) is 19.6 Å². The van der Waals surface area contributed by atoms with Crippen molar-refractivity contribution in [3.63, 3.8) is 0 Å². The molecule has 0 rings (SSSR count). The van der Waals surface area contributed by atoms with Crippen LogP contribution in [-0.4, -0.2) is 26.2 Å². The molecule has 15 heavy (non-hydrogen) atoms. The molecule has 0 aromatic heterocycles. The van der Waals surface area contributed by atoms with Crippen molar-refractivity contribution in [1.29, 1.82) is 0 Å². The monoisotopic (exact) mass is 210 g/mol. The maximum Gasteiger partial charge on any atom is 0.0574 e. The van der Waals surface area contributed by atoms with Gasteiger partial charge in [-0.3, -0.25) is 0 Å². The quantitative estimate of drug-likeness (QED) is 0.403. The second-order valence-electron chi connectivity index (χ2n) is 3.90. The Morgan fingerprint density at radius 3 is 2.27 bits per heavy atom. The average Bonchev–Trinajstić information content (AvgIpc) is 2.26. The Morgan fingerprint density at radius 1 is 0.867 bits per heavy atom. The third-order valence-electron chi connectivity index (χ3n) is 2.41. The van der Waals surface area contributed by atoms with E-state index in [2.05, 4.69) is 23.5 Å². The summed E-state index contributed by atoms with van der Waals surface area (Å²) in [5.74, 6) is 2.56. The zero-order chi connectivity index (χ0) is 11.2. The SMILES string of the molecule is C#CCNCCNCCCCCCCC. The number of rotatable bonds is 11. The van der Waals surface area contributed by atoms with Crippen LogP contribution in [0, 0.1) is 12.3 Å². The highest BCUT2D eigenvalue weighted by atomic mass is 14.9. The van der Waals surface area contributed by atoms with Gasteiger partial charge in [0.25, 0.3) is 0 Å². The van der Waals surface area contributed by atoms with E-state index in [1.54, 1.807) is 0 Å². The summed E-state index contributed by atoms with van der Waals surface area (Å²) in [4.78, 5) is 0. The lowest BCUT2D eigenvalue weighted by atomic mass is 10.1. The van der Waals surface area contributed by atoms with Crippen molar-refractivity contribution in [3.05, 3.63) is 0 Å². The molecule has 88 valence electrons. The van der Waals surface area contributed by atoms with E-state index in [-0.39, 0.29) is 0 Å². The van der Waals surface area contributed by atoms with Crippen molar-refractivity contribution in [2.75, 3.05) is 26.2 Å². The van der Waals surface area contributed by atoms with Crippen molar-refractivity contribution in [2.24, 2.45) is 0 Å². The fourth-order valence-electron chi connectivity index (χ4n) is 1.49. The van der Waals surface area contributed by atoms with Gasteiger partial charge >= 0.3 is 0 Å². The first-order valence-corrected chi connectivity index (χ1v) is 6.26. The Hall–Kier alpha value is -0.520. The van der Waals surface area contributed by atoms with Crippen LogP contribution in [-0.2, 0) is 0 Å².